The van der Waals surface area contributed by atoms with Gasteiger partial charge >= 0.3 is 10.8 Å². The SMILES string of the molecule is O=C(O)CN1C(=O)C2Sc3[nH]c(=O)sc3[C@@H](c3cccc(Br)c3)C2C1=O. The Morgan fingerprint density at radius 3 is 2.73 bits per heavy atom. The molecule has 10 heteroatoms. The first kappa shape index (κ1) is 17.5. The number of thiazole rings is 1. The van der Waals surface area contributed by atoms with Crippen molar-refractivity contribution in [1.82, 2.24) is 9.88 Å². The van der Waals surface area contributed by atoms with Crippen molar-refractivity contribution in [2.24, 2.45) is 5.92 Å². The zero-order valence-corrected chi connectivity index (χ0v) is 16.2. The minimum Gasteiger partial charge on any atom is -0.480 e. The van der Waals surface area contributed by atoms with Crippen LogP contribution in [0, 0.1) is 5.92 Å². The van der Waals surface area contributed by atoms with E-state index in [1.54, 1.807) is 0 Å². The molecule has 2 aliphatic rings. The molecule has 0 saturated carbocycles. The molecule has 1 aromatic heterocycles. The second-order valence-corrected chi connectivity index (χ2v) is 9.04. The molecule has 1 saturated heterocycles. The Bertz CT molecular complexity index is 1000. The second kappa shape index (κ2) is 6.36. The fourth-order valence-corrected chi connectivity index (χ4v) is 6.38. The zero-order valence-electron chi connectivity index (χ0n) is 13.0. The summed E-state index contributed by atoms with van der Waals surface area (Å²) in [7, 11) is 0. The molecule has 3 atom stereocenters. The van der Waals surface area contributed by atoms with Crippen LogP contribution in [0.3, 0.4) is 0 Å². The molecule has 1 aromatic carbocycles. The van der Waals surface area contributed by atoms with Crippen LogP contribution in [-0.4, -0.2) is 44.6 Å². The number of carbonyl (C=O) groups excluding carboxylic acids is 2. The van der Waals surface area contributed by atoms with E-state index in [1.165, 1.54) is 0 Å². The van der Waals surface area contributed by atoms with Crippen LogP contribution >= 0.6 is 39.0 Å². The van der Waals surface area contributed by atoms with Crippen molar-refractivity contribution in [3.05, 3.63) is 48.8 Å². The first-order valence-corrected chi connectivity index (χ1v) is 10.1. The number of nitrogens with one attached hydrogen (secondary N) is 1. The van der Waals surface area contributed by atoms with E-state index in [0.717, 1.165) is 38.0 Å². The van der Waals surface area contributed by atoms with Crippen LogP contribution in [0.1, 0.15) is 16.4 Å². The zero-order chi connectivity index (χ0) is 18.6. The number of rotatable bonds is 3. The number of amides is 2. The quantitative estimate of drug-likeness (QED) is 0.685. The van der Waals surface area contributed by atoms with Crippen LogP contribution in [0.2, 0.25) is 0 Å². The number of hydrogen-bond donors (Lipinski definition) is 2. The number of carbonyl (C=O) groups is 3. The Balaban J connectivity index is 1.86. The lowest BCUT2D eigenvalue weighted by Crippen LogP contribution is -2.36. The molecule has 0 bridgehead atoms. The number of benzene rings is 1. The van der Waals surface area contributed by atoms with Crippen molar-refractivity contribution in [2.75, 3.05) is 6.54 Å². The van der Waals surface area contributed by atoms with Gasteiger partial charge in [0.15, 0.2) is 0 Å². The van der Waals surface area contributed by atoms with Crippen LogP contribution in [0.25, 0.3) is 0 Å². The number of imide groups is 1. The average molecular weight is 455 g/mol. The molecule has 1 fully saturated rings. The number of H-pyrrole nitrogens is 1. The van der Waals surface area contributed by atoms with E-state index in [0.29, 0.717) is 9.90 Å². The van der Waals surface area contributed by atoms with E-state index in [4.69, 9.17) is 5.11 Å². The maximum absolute atomic E-state index is 12.9. The van der Waals surface area contributed by atoms with Gasteiger partial charge in [-0.2, -0.15) is 0 Å². The third kappa shape index (κ3) is 2.72. The summed E-state index contributed by atoms with van der Waals surface area (Å²) < 4.78 is 0.813. The molecule has 0 spiro atoms. The van der Waals surface area contributed by atoms with E-state index in [-0.39, 0.29) is 4.87 Å². The van der Waals surface area contributed by atoms with E-state index in [1.807, 2.05) is 24.3 Å². The van der Waals surface area contributed by atoms with Gasteiger partial charge in [0.2, 0.25) is 11.8 Å². The lowest BCUT2D eigenvalue weighted by molar-refractivity contribution is -0.149. The molecular weight excluding hydrogens is 444 g/mol. The predicted octanol–water partition coefficient (Wildman–Crippen LogP) is 1.87. The van der Waals surface area contributed by atoms with Crippen LogP contribution in [0.4, 0.5) is 0 Å². The predicted molar refractivity (Wildman–Crippen MR) is 98.4 cm³/mol. The first-order valence-electron chi connectivity index (χ1n) is 7.59. The van der Waals surface area contributed by atoms with Gasteiger partial charge in [0, 0.05) is 15.3 Å². The molecule has 2 N–H and O–H groups in total. The average Bonchev–Trinajstić information content (AvgIpc) is 3.05. The summed E-state index contributed by atoms with van der Waals surface area (Å²) in [6, 6.07) is 7.36. The fraction of sp³-hybridized carbons (Fsp3) is 0.250. The Kier molecular flexibility index (Phi) is 4.28. The van der Waals surface area contributed by atoms with Gasteiger partial charge < -0.3 is 10.1 Å². The number of hydrogen-bond acceptors (Lipinski definition) is 6. The van der Waals surface area contributed by atoms with Gasteiger partial charge in [-0.3, -0.25) is 24.1 Å². The van der Waals surface area contributed by atoms with Crippen LogP contribution in [-0.2, 0) is 14.4 Å². The number of likely N-dealkylation sites (tertiary alicyclic amines) is 1. The topological polar surface area (TPSA) is 108 Å². The maximum atomic E-state index is 12.9. The lowest BCUT2D eigenvalue weighted by atomic mass is 9.83. The van der Waals surface area contributed by atoms with Gasteiger partial charge in [0.25, 0.3) is 0 Å². The van der Waals surface area contributed by atoms with Crippen molar-refractivity contribution in [2.45, 2.75) is 16.2 Å². The van der Waals surface area contributed by atoms with Gasteiger partial charge in [-0.25, -0.2) is 0 Å². The van der Waals surface area contributed by atoms with Gasteiger partial charge in [-0.1, -0.05) is 51.2 Å². The van der Waals surface area contributed by atoms with Crippen molar-refractivity contribution >= 4 is 56.8 Å². The number of aliphatic carboxylic acids is 1. The summed E-state index contributed by atoms with van der Waals surface area (Å²) in [5, 5.41) is 8.85. The largest absolute Gasteiger partial charge is 0.480 e. The summed E-state index contributed by atoms with van der Waals surface area (Å²) in [4.78, 5) is 52.5. The van der Waals surface area contributed by atoms with Gasteiger partial charge in [-0.15, -0.1) is 0 Å². The third-order valence-corrected chi connectivity index (χ3v) is 7.31. The number of nitrogens with zero attached hydrogens (tertiary/aromatic N) is 1. The minimum absolute atomic E-state index is 0.246. The van der Waals surface area contributed by atoms with Crippen LogP contribution in [0.15, 0.2) is 38.6 Å². The molecule has 134 valence electrons. The Morgan fingerprint density at radius 2 is 2.04 bits per heavy atom. The molecule has 0 radical (unpaired) electrons. The summed E-state index contributed by atoms with van der Waals surface area (Å²) in [6.07, 6.45) is 0. The Morgan fingerprint density at radius 1 is 1.27 bits per heavy atom. The highest BCUT2D eigenvalue weighted by atomic mass is 79.9. The molecule has 2 aromatic rings. The number of thioether (sulfide) groups is 1. The molecule has 7 nitrogen and oxygen atoms in total. The number of carboxylic acids is 1. The van der Waals surface area contributed by atoms with Crippen molar-refractivity contribution < 1.29 is 19.5 Å². The summed E-state index contributed by atoms with van der Waals surface area (Å²) in [6.45, 7) is -0.652. The van der Waals surface area contributed by atoms with Crippen LogP contribution < -0.4 is 4.87 Å². The third-order valence-electron chi connectivity index (χ3n) is 4.42. The second-order valence-electron chi connectivity index (χ2n) is 5.96. The van der Waals surface area contributed by atoms with E-state index >= 15 is 0 Å². The Labute approximate surface area is 163 Å². The van der Waals surface area contributed by atoms with Gasteiger partial charge in [0.05, 0.1) is 10.9 Å². The first-order chi connectivity index (χ1) is 12.4. The normalized spacial score (nSPS) is 24.5. The number of carboxylic acid groups (broad SMARTS) is 1. The van der Waals surface area contributed by atoms with Gasteiger partial charge in [-0.05, 0) is 17.7 Å². The van der Waals surface area contributed by atoms with E-state index in [2.05, 4.69) is 20.9 Å². The Hall–Kier alpha value is -1.91. The highest BCUT2D eigenvalue weighted by molar-refractivity contribution is 9.10. The molecule has 3 heterocycles. The highest BCUT2D eigenvalue weighted by Gasteiger charge is 2.56. The number of halogens is 1. The minimum atomic E-state index is -1.24. The number of aromatic amines is 1. The van der Waals surface area contributed by atoms with Crippen LogP contribution in [0.5, 0.6) is 0 Å². The van der Waals surface area contributed by atoms with E-state index < -0.39 is 41.4 Å². The summed E-state index contributed by atoms with van der Waals surface area (Å²) >= 11 is 5.56. The molecule has 4 rings (SSSR count). The number of aromatic nitrogens is 1. The maximum Gasteiger partial charge on any atom is 0.323 e. The molecule has 2 amide bonds. The molecule has 2 aliphatic heterocycles. The summed E-state index contributed by atoms with van der Waals surface area (Å²) in [5.74, 6) is -3.48. The fourth-order valence-electron chi connectivity index (χ4n) is 3.42. The van der Waals surface area contributed by atoms with Crippen molar-refractivity contribution in [1.29, 1.82) is 0 Å². The molecule has 26 heavy (non-hydrogen) atoms. The molecule has 0 aliphatic carbocycles. The smallest absolute Gasteiger partial charge is 0.323 e. The van der Waals surface area contributed by atoms with Gasteiger partial charge in [0.1, 0.15) is 11.8 Å². The standard InChI is InChI=1S/C16H11BrN2O5S2/c17-7-3-1-2-6(4-7)9-10-12(25-13-11(9)26-16(24)18-13)15(23)19(14(10)22)5-8(20)21/h1-4,9-10,12H,5H2,(H,18,24)(H,20,21)/t9-,10?,12?/m0/s1. The molecular formula is C16H11BrN2O5S2. The molecule has 2 unspecified atom stereocenters. The van der Waals surface area contributed by atoms with E-state index in [9.17, 15) is 19.2 Å². The highest BCUT2D eigenvalue weighted by Crippen LogP contribution is 2.52. The number of fused-ring (bicyclic) bond motifs is 2. The summed E-state index contributed by atoms with van der Waals surface area (Å²) in [5.41, 5.74) is 0.796. The monoisotopic (exact) mass is 454 g/mol. The lowest BCUT2D eigenvalue weighted by Gasteiger charge is -2.29. The van der Waals surface area contributed by atoms with Crippen molar-refractivity contribution in [3.63, 3.8) is 0 Å². The van der Waals surface area contributed by atoms with Crippen molar-refractivity contribution in [3.8, 4) is 0 Å².